The lowest BCUT2D eigenvalue weighted by molar-refractivity contribution is -0.0498. The first-order chi connectivity index (χ1) is 15.5. The van der Waals surface area contributed by atoms with Crippen molar-refractivity contribution in [1.82, 2.24) is 25.1 Å². The minimum absolute atomic E-state index is 0.0406. The van der Waals surface area contributed by atoms with Gasteiger partial charge in [-0.25, -0.2) is 0 Å². The number of nitrogen functional groups attached to an aromatic ring is 1. The van der Waals surface area contributed by atoms with E-state index in [0.29, 0.717) is 17.3 Å². The molecule has 0 saturated heterocycles. The topological polar surface area (TPSA) is 125 Å². The molecule has 0 radical (unpaired) electrons. The number of hydrogen-bond donors (Lipinski definition) is 2. The maximum Gasteiger partial charge on any atom is 0.387 e. The Hall–Kier alpha value is -3.80. The minimum atomic E-state index is -2.89. The molecule has 164 valence electrons. The first-order valence-electron chi connectivity index (χ1n) is 9.35. The quantitative estimate of drug-likeness (QED) is 0.360. The van der Waals surface area contributed by atoms with Crippen LogP contribution in [0, 0.1) is 0 Å². The fourth-order valence-corrected chi connectivity index (χ4v) is 3.38. The number of aromatic nitrogens is 5. The Morgan fingerprint density at radius 2 is 1.75 bits per heavy atom. The van der Waals surface area contributed by atoms with Gasteiger partial charge in [0.1, 0.15) is 11.6 Å². The zero-order valence-electron chi connectivity index (χ0n) is 16.6. The van der Waals surface area contributed by atoms with E-state index in [1.807, 2.05) is 37.3 Å². The average molecular weight is 457 g/mol. The third kappa shape index (κ3) is 5.46. The number of alkyl halides is 2. The Kier molecular flexibility index (Phi) is 6.40. The van der Waals surface area contributed by atoms with Gasteiger partial charge >= 0.3 is 6.61 Å². The summed E-state index contributed by atoms with van der Waals surface area (Å²) in [6.07, 6.45) is 0. The zero-order valence-corrected chi connectivity index (χ0v) is 17.5. The van der Waals surface area contributed by atoms with E-state index in [0.717, 1.165) is 5.69 Å². The van der Waals surface area contributed by atoms with Crippen molar-refractivity contribution >= 4 is 29.3 Å². The molecule has 12 heteroatoms. The second-order valence-corrected chi connectivity index (χ2v) is 7.69. The average Bonchev–Trinajstić information content (AvgIpc) is 3.22. The van der Waals surface area contributed by atoms with Gasteiger partial charge in [0, 0.05) is 11.3 Å². The number of anilines is 3. The normalized spacial score (nSPS) is 12.0. The van der Waals surface area contributed by atoms with Crippen molar-refractivity contribution in [2.45, 2.75) is 24.0 Å². The number of hydrogen-bond acceptors (Lipinski definition) is 10. The van der Waals surface area contributed by atoms with E-state index >= 15 is 0 Å². The highest BCUT2D eigenvalue weighted by atomic mass is 32.2. The second kappa shape index (κ2) is 9.56. The molecular formula is C20H17F2N7O2S. The van der Waals surface area contributed by atoms with Crippen LogP contribution in [0.15, 0.2) is 64.2 Å². The number of rotatable bonds is 8. The van der Waals surface area contributed by atoms with Crippen molar-refractivity contribution in [3.63, 3.8) is 0 Å². The van der Waals surface area contributed by atoms with Crippen molar-refractivity contribution in [1.29, 1.82) is 0 Å². The fraction of sp³-hybridized carbons (Fsp3) is 0.150. The van der Waals surface area contributed by atoms with E-state index in [1.165, 1.54) is 23.9 Å². The summed E-state index contributed by atoms with van der Waals surface area (Å²) in [5, 5.41) is 11.1. The van der Waals surface area contributed by atoms with Gasteiger partial charge in [-0.1, -0.05) is 30.0 Å². The molecule has 0 fully saturated rings. The molecule has 2 aromatic carbocycles. The molecule has 4 rings (SSSR count). The number of nitrogens with two attached hydrogens (primary N) is 1. The van der Waals surface area contributed by atoms with Gasteiger partial charge in [0.25, 0.3) is 5.22 Å². The summed E-state index contributed by atoms with van der Waals surface area (Å²) in [6, 6.07) is 15.3. The van der Waals surface area contributed by atoms with E-state index in [4.69, 9.17) is 10.2 Å². The second-order valence-electron chi connectivity index (χ2n) is 6.40. The SMILES string of the molecule is CC(Sc1nnc(-c2ccc(OC(F)F)cc2)o1)c1nc(N)nc(Nc2ccccc2)n1. The van der Waals surface area contributed by atoms with Crippen molar-refractivity contribution in [3.8, 4) is 17.2 Å². The lowest BCUT2D eigenvalue weighted by Crippen LogP contribution is -2.08. The van der Waals surface area contributed by atoms with Crippen LogP contribution >= 0.6 is 11.8 Å². The maximum absolute atomic E-state index is 12.3. The van der Waals surface area contributed by atoms with Crippen molar-refractivity contribution < 1.29 is 17.9 Å². The van der Waals surface area contributed by atoms with E-state index in [9.17, 15) is 8.78 Å². The van der Waals surface area contributed by atoms with Crippen LogP contribution in [-0.2, 0) is 0 Å². The minimum Gasteiger partial charge on any atom is -0.435 e. The molecule has 3 N–H and O–H groups in total. The summed E-state index contributed by atoms with van der Waals surface area (Å²) < 4.78 is 34.6. The van der Waals surface area contributed by atoms with Gasteiger partial charge in [-0.15, -0.1) is 10.2 Å². The number of thioether (sulfide) groups is 1. The zero-order chi connectivity index (χ0) is 22.5. The number of benzene rings is 2. The first kappa shape index (κ1) is 21.4. The van der Waals surface area contributed by atoms with Crippen molar-refractivity contribution in [2.75, 3.05) is 11.1 Å². The van der Waals surface area contributed by atoms with E-state index in [-0.39, 0.29) is 28.1 Å². The number of para-hydroxylation sites is 1. The van der Waals surface area contributed by atoms with Gasteiger partial charge < -0.3 is 20.2 Å². The fourth-order valence-electron chi connectivity index (χ4n) is 2.65. The molecule has 9 nitrogen and oxygen atoms in total. The molecule has 0 bridgehead atoms. The van der Waals surface area contributed by atoms with E-state index in [1.54, 1.807) is 12.1 Å². The number of nitrogens with one attached hydrogen (secondary N) is 1. The Morgan fingerprint density at radius 3 is 2.47 bits per heavy atom. The van der Waals surface area contributed by atoms with Crippen LogP contribution in [0.4, 0.5) is 26.4 Å². The molecule has 2 heterocycles. The maximum atomic E-state index is 12.3. The Labute approximate surface area is 185 Å². The Balaban J connectivity index is 1.45. The third-order valence-corrected chi connectivity index (χ3v) is 5.01. The molecule has 4 aromatic rings. The highest BCUT2D eigenvalue weighted by Crippen LogP contribution is 2.34. The molecule has 2 aromatic heterocycles. The molecule has 1 atom stereocenters. The summed E-state index contributed by atoms with van der Waals surface area (Å²) in [4.78, 5) is 12.7. The van der Waals surface area contributed by atoms with Crippen LogP contribution < -0.4 is 15.8 Å². The van der Waals surface area contributed by atoms with Crippen molar-refractivity contribution in [3.05, 3.63) is 60.4 Å². The van der Waals surface area contributed by atoms with Gasteiger partial charge in [0.05, 0.1) is 5.25 Å². The molecule has 0 aliphatic heterocycles. The molecular weight excluding hydrogens is 440 g/mol. The summed E-state index contributed by atoms with van der Waals surface area (Å²) in [7, 11) is 0. The monoisotopic (exact) mass is 457 g/mol. The van der Waals surface area contributed by atoms with Crippen LogP contribution in [0.25, 0.3) is 11.5 Å². The number of nitrogens with zero attached hydrogens (tertiary/aromatic N) is 5. The lowest BCUT2D eigenvalue weighted by Gasteiger charge is -2.10. The van der Waals surface area contributed by atoms with E-state index < -0.39 is 6.61 Å². The van der Waals surface area contributed by atoms with Crippen LogP contribution in [0.5, 0.6) is 5.75 Å². The van der Waals surface area contributed by atoms with Gasteiger partial charge in [0.15, 0.2) is 0 Å². The van der Waals surface area contributed by atoms with Crippen LogP contribution in [-0.4, -0.2) is 31.8 Å². The molecule has 32 heavy (non-hydrogen) atoms. The highest BCUT2D eigenvalue weighted by Gasteiger charge is 2.18. The van der Waals surface area contributed by atoms with Gasteiger partial charge in [-0.3, -0.25) is 0 Å². The van der Waals surface area contributed by atoms with Gasteiger partial charge in [0.2, 0.25) is 17.8 Å². The van der Waals surface area contributed by atoms with Crippen LogP contribution in [0.3, 0.4) is 0 Å². The van der Waals surface area contributed by atoms with Crippen LogP contribution in [0.1, 0.15) is 18.0 Å². The Morgan fingerprint density at radius 1 is 1.00 bits per heavy atom. The summed E-state index contributed by atoms with van der Waals surface area (Å²) in [5.41, 5.74) is 7.23. The number of ether oxygens (including phenoxy) is 1. The van der Waals surface area contributed by atoms with Gasteiger partial charge in [-0.05, 0) is 43.3 Å². The van der Waals surface area contributed by atoms with Crippen molar-refractivity contribution in [2.24, 2.45) is 0 Å². The smallest absolute Gasteiger partial charge is 0.387 e. The largest absolute Gasteiger partial charge is 0.435 e. The molecule has 0 saturated carbocycles. The molecule has 0 amide bonds. The molecule has 0 aliphatic carbocycles. The summed E-state index contributed by atoms with van der Waals surface area (Å²) in [5.74, 6) is 1.12. The summed E-state index contributed by atoms with van der Waals surface area (Å²) in [6.45, 7) is -1.02. The van der Waals surface area contributed by atoms with E-state index in [2.05, 4.69) is 35.2 Å². The lowest BCUT2D eigenvalue weighted by atomic mass is 10.2. The summed E-state index contributed by atoms with van der Waals surface area (Å²) >= 11 is 1.25. The Bertz CT molecular complexity index is 1180. The predicted molar refractivity (Wildman–Crippen MR) is 115 cm³/mol. The molecule has 0 spiro atoms. The van der Waals surface area contributed by atoms with Gasteiger partial charge in [-0.2, -0.15) is 23.7 Å². The third-order valence-electron chi connectivity index (χ3n) is 4.07. The molecule has 1 unspecified atom stereocenters. The molecule has 0 aliphatic rings. The predicted octanol–water partition coefficient (Wildman–Crippen LogP) is 4.70. The standard InChI is InChI=1S/C20H17F2N7O2S/c1-11(15-25-18(23)27-19(26-15)24-13-5-3-2-4-6-13)32-20-29-28-16(31-20)12-7-9-14(10-8-12)30-17(21)22/h2-11,17H,1H3,(H3,23,24,25,26,27). The first-order valence-corrected chi connectivity index (χ1v) is 10.2. The number of halogens is 2. The van der Waals surface area contributed by atoms with Crippen LogP contribution in [0.2, 0.25) is 0 Å². The highest BCUT2D eigenvalue weighted by molar-refractivity contribution is 7.99.